The highest BCUT2D eigenvalue weighted by Gasteiger charge is 2.31. The lowest BCUT2D eigenvalue weighted by atomic mass is 10.0. The third-order valence-corrected chi connectivity index (χ3v) is 5.68. The van der Waals surface area contributed by atoms with Gasteiger partial charge < -0.3 is 9.30 Å². The molecule has 2 heterocycles. The predicted molar refractivity (Wildman–Crippen MR) is 95.7 cm³/mol. The highest BCUT2D eigenvalue weighted by Crippen LogP contribution is 2.39. The Balaban J connectivity index is 1.55. The normalized spacial score (nSPS) is 21.3. The largest absolute Gasteiger partial charge is 0.497 e. The van der Waals surface area contributed by atoms with Crippen molar-refractivity contribution >= 4 is 12.2 Å². The van der Waals surface area contributed by atoms with Crippen LogP contribution in [0.25, 0.3) is 0 Å². The molecule has 0 bridgehead atoms. The molecule has 1 aliphatic heterocycles. The van der Waals surface area contributed by atoms with Gasteiger partial charge in [0, 0.05) is 25.6 Å². The first-order chi connectivity index (χ1) is 11.7. The van der Waals surface area contributed by atoms with Gasteiger partial charge in [-0.15, -0.1) is 0 Å². The zero-order chi connectivity index (χ0) is 16.7. The lowest BCUT2D eigenvalue weighted by Gasteiger charge is -2.24. The molecule has 4 rings (SSSR count). The van der Waals surface area contributed by atoms with Gasteiger partial charge in [0.15, 0.2) is 4.77 Å². The molecule has 1 unspecified atom stereocenters. The smallest absolute Gasteiger partial charge is 0.198 e. The summed E-state index contributed by atoms with van der Waals surface area (Å²) in [5, 5.41) is 4.80. The van der Waals surface area contributed by atoms with Crippen molar-refractivity contribution in [3.8, 4) is 5.75 Å². The van der Waals surface area contributed by atoms with Crippen LogP contribution in [0.1, 0.15) is 49.0 Å². The van der Waals surface area contributed by atoms with Gasteiger partial charge in [0.05, 0.1) is 13.8 Å². The van der Waals surface area contributed by atoms with Crippen molar-refractivity contribution < 1.29 is 4.74 Å². The number of hydrogen-bond acceptors (Lipinski definition) is 4. The third kappa shape index (κ3) is 2.89. The lowest BCUT2D eigenvalue weighted by Crippen LogP contribution is -2.27. The van der Waals surface area contributed by atoms with Crippen LogP contribution in [0.4, 0.5) is 0 Å². The molecule has 1 saturated carbocycles. The number of rotatable bonds is 5. The van der Waals surface area contributed by atoms with E-state index in [0.29, 0.717) is 12.0 Å². The number of likely N-dealkylation sites (tertiary alicyclic amines) is 1. The molecule has 1 saturated heterocycles. The molecule has 1 aliphatic carbocycles. The van der Waals surface area contributed by atoms with E-state index in [0.717, 1.165) is 29.6 Å². The van der Waals surface area contributed by atoms with E-state index in [4.69, 9.17) is 22.1 Å². The Kier molecular flexibility index (Phi) is 4.18. The maximum Gasteiger partial charge on any atom is 0.198 e. The molecule has 2 fully saturated rings. The first-order valence-electron chi connectivity index (χ1n) is 8.69. The molecule has 2 aliphatic rings. The maximum absolute atomic E-state index is 5.60. The Morgan fingerprint density at radius 2 is 1.96 bits per heavy atom. The topological polar surface area (TPSA) is 35.2 Å². The summed E-state index contributed by atoms with van der Waals surface area (Å²) in [7, 11) is 3.75. The summed E-state index contributed by atoms with van der Waals surface area (Å²) in [6.45, 7) is 1.86. The van der Waals surface area contributed by atoms with E-state index in [2.05, 4.69) is 21.6 Å². The Hall–Kier alpha value is -1.66. The van der Waals surface area contributed by atoms with Gasteiger partial charge in [-0.3, -0.25) is 4.90 Å². The zero-order valence-electron chi connectivity index (χ0n) is 14.3. The van der Waals surface area contributed by atoms with Crippen LogP contribution >= 0.6 is 12.2 Å². The van der Waals surface area contributed by atoms with E-state index < -0.39 is 0 Å². The van der Waals surface area contributed by atoms with Crippen molar-refractivity contribution in [3.05, 3.63) is 40.4 Å². The van der Waals surface area contributed by atoms with Crippen molar-refractivity contribution in [2.75, 3.05) is 13.7 Å². The number of aromatic nitrogens is 3. The van der Waals surface area contributed by atoms with Gasteiger partial charge in [0.25, 0.3) is 0 Å². The Labute approximate surface area is 147 Å². The molecule has 0 N–H and O–H groups in total. The van der Waals surface area contributed by atoms with Gasteiger partial charge >= 0.3 is 0 Å². The second kappa shape index (κ2) is 6.33. The molecule has 5 nitrogen and oxygen atoms in total. The van der Waals surface area contributed by atoms with Crippen LogP contribution in [-0.2, 0) is 13.7 Å². The van der Waals surface area contributed by atoms with Crippen LogP contribution in [-0.4, -0.2) is 32.9 Å². The average molecular weight is 344 g/mol. The number of methoxy groups -OCH3 is 1. The maximum atomic E-state index is 5.60. The molecule has 0 spiro atoms. The van der Waals surface area contributed by atoms with Crippen LogP contribution in [0.3, 0.4) is 0 Å². The second-order valence-electron chi connectivity index (χ2n) is 6.86. The molecule has 2 aromatic rings. The number of hydrogen-bond donors (Lipinski definition) is 0. The number of benzene rings is 1. The second-order valence-corrected chi connectivity index (χ2v) is 7.22. The van der Waals surface area contributed by atoms with Gasteiger partial charge in [-0.1, -0.05) is 12.1 Å². The summed E-state index contributed by atoms with van der Waals surface area (Å²) in [6.07, 6.45) is 4.89. The van der Waals surface area contributed by atoms with Crippen molar-refractivity contribution in [1.29, 1.82) is 0 Å². The van der Waals surface area contributed by atoms with Gasteiger partial charge in [0.1, 0.15) is 11.6 Å². The molecule has 0 amide bonds. The SMILES string of the molecule is COc1ccc(C2CCCN2Cn2nc(C3CC3)n(C)c2=S)cc1. The molecule has 0 radical (unpaired) electrons. The Bertz CT molecular complexity index is 775. The monoisotopic (exact) mass is 344 g/mol. The number of nitrogens with zero attached hydrogens (tertiary/aromatic N) is 4. The summed E-state index contributed by atoms with van der Waals surface area (Å²) in [5.74, 6) is 2.68. The molecular formula is C18H24N4OS. The van der Waals surface area contributed by atoms with E-state index >= 15 is 0 Å². The van der Waals surface area contributed by atoms with Crippen molar-refractivity contribution in [2.24, 2.45) is 7.05 Å². The number of ether oxygens (including phenoxy) is 1. The molecule has 1 aromatic carbocycles. The van der Waals surface area contributed by atoms with Gasteiger partial charge in [0.2, 0.25) is 0 Å². The fraction of sp³-hybridized carbons (Fsp3) is 0.556. The van der Waals surface area contributed by atoms with E-state index in [1.54, 1.807) is 7.11 Å². The van der Waals surface area contributed by atoms with Crippen LogP contribution in [0, 0.1) is 4.77 Å². The van der Waals surface area contributed by atoms with E-state index in [-0.39, 0.29) is 0 Å². The fourth-order valence-electron chi connectivity index (χ4n) is 3.66. The summed E-state index contributed by atoms with van der Waals surface area (Å²) >= 11 is 5.60. The minimum absolute atomic E-state index is 0.434. The molecule has 1 aromatic heterocycles. The molecular weight excluding hydrogens is 320 g/mol. The van der Waals surface area contributed by atoms with E-state index in [9.17, 15) is 0 Å². The van der Waals surface area contributed by atoms with Crippen LogP contribution in [0.5, 0.6) is 5.75 Å². The predicted octanol–water partition coefficient (Wildman–Crippen LogP) is 3.63. The highest BCUT2D eigenvalue weighted by atomic mass is 32.1. The van der Waals surface area contributed by atoms with E-state index in [1.807, 2.05) is 23.9 Å². The fourth-order valence-corrected chi connectivity index (χ4v) is 3.86. The quantitative estimate of drug-likeness (QED) is 0.776. The molecule has 6 heteroatoms. The van der Waals surface area contributed by atoms with Crippen molar-refractivity contribution in [2.45, 2.75) is 44.3 Å². The summed E-state index contributed by atoms with van der Waals surface area (Å²) in [4.78, 5) is 2.49. The van der Waals surface area contributed by atoms with E-state index in [1.165, 1.54) is 31.2 Å². The van der Waals surface area contributed by atoms with Gasteiger partial charge in [-0.25, -0.2) is 4.68 Å². The van der Waals surface area contributed by atoms with Crippen LogP contribution < -0.4 is 4.74 Å². The molecule has 24 heavy (non-hydrogen) atoms. The summed E-state index contributed by atoms with van der Waals surface area (Å²) in [5.41, 5.74) is 1.35. The highest BCUT2D eigenvalue weighted by molar-refractivity contribution is 7.71. The standard InChI is InChI=1S/C18H24N4OS/c1-20-17(14-5-6-14)19-22(18(20)24)12-21-11-3-4-16(21)13-7-9-15(23-2)10-8-13/h7-10,14,16H,3-6,11-12H2,1-2H3. The summed E-state index contributed by atoms with van der Waals surface area (Å²) < 4.78 is 10.2. The zero-order valence-corrected chi connectivity index (χ0v) is 15.1. The Morgan fingerprint density at radius 3 is 2.62 bits per heavy atom. The summed E-state index contributed by atoms with van der Waals surface area (Å²) in [6, 6.07) is 8.88. The Morgan fingerprint density at radius 1 is 1.21 bits per heavy atom. The minimum atomic E-state index is 0.434. The van der Waals surface area contributed by atoms with Crippen LogP contribution in [0.2, 0.25) is 0 Å². The lowest BCUT2D eigenvalue weighted by molar-refractivity contribution is 0.189. The van der Waals surface area contributed by atoms with Crippen molar-refractivity contribution in [1.82, 2.24) is 19.2 Å². The first-order valence-corrected chi connectivity index (χ1v) is 9.10. The average Bonchev–Trinajstić information content (AvgIpc) is 3.29. The molecule has 1 atom stereocenters. The molecule has 128 valence electrons. The van der Waals surface area contributed by atoms with Gasteiger partial charge in [-0.2, -0.15) is 5.10 Å². The minimum Gasteiger partial charge on any atom is -0.497 e. The van der Waals surface area contributed by atoms with Crippen molar-refractivity contribution in [3.63, 3.8) is 0 Å². The first kappa shape index (κ1) is 15.8. The van der Waals surface area contributed by atoms with Gasteiger partial charge in [-0.05, 0) is 55.6 Å². The third-order valence-electron chi connectivity index (χ3n) is 5.20. The van der Waals surface area contributed by atoms with Crippen LogP contribution in [0.15, 0.2) is 24.3 Å².